The van der Waals surface area contributed by atoms with Crippen LogP contribution in [-0.2, 0) is 24.1 Å². The summed E-state index contributed by atoms with van der Waals surface area (Å²) in [6.45, 7) is 16.7. The third-order valence-corrected chi connectivity index (χ3v) is 17.0. The summed E-state index contributed by atoms with van der Waals surface area (Å²) < 4.78 is 33.7. The van der Waals surface area contributed by atoms with Crippen LogP contribution in [0.15, 0.2) is 47.4 Å². The van der Waals surface area contributed by atoms with Gasteiger partial charge in [0.25, 0.3) is 0 Å². The lowest BCUT2D eigenvalue weighted by atomic mass is 9.68. The van der Waals surface area contributed by atoms with Crippen molar-refractivity contribution in [1.29, 1.82) is 0 Å². The van der Waals surface area contributed by atoms with Gasteiger partial charge in [-0.2, -0.15) is 11.8 Å². The lowest BCUT2D eigenvalue weighted by Gasteiger charge is -2.43. The Labute approximate surface area is 302 Å². The first-order valence-electron chi connectivity index (χ1n) is 17.9. The molecule has 9 heteroatoms. The van der Waals surface area contributed by atoms with E-state index in [1.54, 1.807) is 14.2 Å². The van der Waals surface area contributed by atoms with Crippen LogP contribution >= 0.6 is 23.5 Å². The normalized spacial score (nSPS) is 18.1. The molecular formula is C39H64O6S2Si. The highest BCUT2D eigenvalue weighted by atomic mass is 32.2. The number of fused-ring (bicyclic) bond motifs is 1. The van der Waals surface area contributed by atoms with Crippen LogP contribution in [0.25, 0.3) is 0 Å². The SMILES string of the molecule is COCOc1ccc(C2(C)CSc3cc(OCOC)ccc3C2CCCCCCCCCSCCOCCO[Si](C)(C)C(C)(C)C)cc1. The summed E-state index contributed by atoms with van der Waals surface area (Å²) in [5.74, 6) is 5.51. The van der Waals surface area contributed by atoms with Gasteiger partial charge in [-0.3, -0.25) is 0 Å². The van der Waals surface area contributed by atoms with E-state index in [1.807, 2.05) is 23.5 Å². The van der Waals surface area contributed by atoms with Crippen molar-refractivity contribution in [2.24, 2.45) is 0 Å². The van der Waals surface area contributed by atoms with E-state index in [9.17, 15) is 0 Å². The molecule has 1 aliphatic rings. The zero-order valence-electron chi connectivity index (χ0n) is 31.2. The lowest BCUT2D eigenvalue weighted by Crippen LogP contribution is -2.41. The van der Waals surface area contributed by atoms with Gasteiger partial charge in [-0.1, -0.05) is 84.4 Å². The van der Waals surface area contributed by atoms with Crippen molar-refractivity contribution >= 4 is 31.8 Å². The summed E-state index contributed by atoms with van der Waals surface area (Å²) in [4.78, 5) is 1.34. The van der Waals surface area contributed by atoms with Gasteiger partial charge in [0, 0.05) is 36.0 Å². The summed E-state index contributed by atoms with van der Waals surface area (Å²) in [6.07, 6.45) is 10.3. The smallest absolute Gasteiger partial charge is 0.192 e. The third-order valence-electron chi connectivity index (χ3n) is 10.0. The first-order chi connectivity index (χ1) is 23.0. The Balaban J connectivity index is 1.37. The van der Waals surface area contributed by atoms with Crippen molar-refractivity contribution < 1.29 is 28.1 Å². The molecule has 272 valence electrons. The van der Waals surface area contributed by atoms with E-state index < -0.39 is 8.32 Å². The summed E-state index contributed by atoms with van der Waals surface area (Å²) in [5.41, 5.74) is 2.85. The summed E-state index contributed by atoms with van der Waals surface area (Å²) in [6, 6.07) is 15.3. The summed E-state index contributed by atoms with van der Waals surface area (Å²) >= 11 is 3.96. The largest absolute Gasteiger partial charge is 0.468 e. The standard InChI is InChI=1S/C39H64O6S2Si/c1-38(2,3)48(7,8)45-24-23-42-25-27-46-26-15-13-11-9-10-12-14-16-36-35-22-21-34(44-31-41-6)28-37(35)47-29-39(36,4)32-17-19-33(20-18-32)43-30-40-5/h17-22,28,36H,9-16,23-27,29-31H2,1-8H3. The van der Waals surface area contributed by atoms with E-state index in [2.05, 4.69) is 83.3 Å². The maximum absolute atomic E-state index is 6.19. The maximum Gasteiger partial charge on any atom is 0.192 e. The third kappa shape index (κ3) is 13.2. The lowest BCUT2D eigenvalue weighted by molar-refractivity contribution is 0.0508. The second-order valence-corrected chi connectivity index (χ2v) is 21.7. The quantitative estimate of drug-likeness (QED) is 0.0604. The van der Waals surface area contributed by atoms with E-state index in [0.717, 1.165) is 36.2 Å². The highest BCUT2D eigenvalue weighted by Gasteiger charge is 2.41. The minimum atomic E-state index is -1.66. The highest BCUT2D eigenvalue weighted by molar-refractivity contribution is 7.99. The van der Waals surface area contributed by atoms with Gasteiger partial charge in [0.05, 0.1) is 19.8 Å². The molecule has 0 aliphatic carbocycles. The molecule has 0 radical (unpaired) electrons. The fourth-order valence-corrected chi connectivity index (χ4v) is 9.24. The predicted octanol–water partition coefficient (Wildman–Crippen LogP) is 10.7. The highest BCUT2D eigenvalue weighted by Crippen LogP contribution is 2.52. The molecule has 1 heterocycles. The monoisotopic (exact) mass is 720 g/mol. The second kappa shape index (κ2) is 21.2. The Morgan fingerprint density at radius 1 is 0.792 bits per heavy atom. The van der Waals surface area contributed by atoms with Crippen molar-refractivity contribution in [3.63, 3.8) is 0 Å². The molecule has 0 N–H and O–H groups in total. The topological polar surface area (TPSA) is 55.4 Å². The number of hydrogen-bond acceptors (Lipinski definition) is 8. The van der Waals surface area contributed by atoms with Gasteiger partial charge in [0.15, 0.2) is 21.9 Å². The number of rotatable bonds is 24. The fourth-order valence-electron chi connectivity index (χ4n) is 5.96. The number of hydrogen-bond donors (Lipinski definition) is 0. The molecule has 6 nitrogen and oxygen atoms in total. The Morgan fingerprint density at radius 3 is 2.08 bits per heavy atom. The summed E-state index contributed by atoms with van der Waals surface area (Å²) in [5, 5.41) is 0.257. The van der Waals surface area contributed by atoms with Crippen molar-refractivity contribution in [2.45, 2.75) is 113 Å². The Kier molecular flexibility index (Phi) is 18.2. The average molecular weight is 721 g/mol. The van der Waals surface area contributed by atoms with E-state index in [-0.39, 0.29) is 24.0 Å². The minimum absolute atomic E-state index is 0.0353. The molecule has 0 fully saturated rings. The van der Waals surface area contributed by atoms with Crippen LogP contribution in [-0.4, -0.2) is 73.2 Å². The molecule has 0 saturated carbocycles. The summed E-state index contributed by atoms with van der Waals surface area (Å²) in [7, 11) is 1.65. The van der Waals surface area contributed by atoms with Crippen molar-refractivity contribution in [1.82, 2.24) is 0 Å². The van der Waals surface area contributed by atoms with E-state index in [1.165, 1.54) is 73.1 Å². The number of thioether (sulfide) groups is 2. The number of unbranched alkanes of at least 4 members (excludes halogenated alkanes) is 6. The molecule has 3 rings (SSSR count). The molecule has 2 aromatic rings. The van der Waals surface area contributed by atoms with E-state index in [0.29, 0.717) is 12.5 Å². The Morgan fingerprint density at radius 2 is 1.42 bits per heavy atom. The molecule has 0 bridgehead atoms. The van der Waals surface area contributed by atoms with Crippen molar-refractivity contribution in [3.05, 3.63) is 53.6 Å². The molecule has 2 aromatic carbocycles. The number of benzene rings is 2. The van der Waals surface area contributed by atoms with E-state index >= 15 is 0 Å². The van der Waals surface area contributed by atoms with Gasteiger partial charge in [-0.05, 0) is 78.0 Å². The Hall–Kier alpha value is -1.20. The van der Waals surface area contributed by atoms with Crippen LogP contribution in [0.3, 0.4) is 0 Å². The molecule has 2 unspecified atom stereocenters. The number of methoxy groups -OCH3 is 2. The predicted molar refractivity (Wildman–Crippen MR) is 207 cm³/mol. The van der Waals surface area contributed by atoms with Crippen LogP contribution in [0.2, 0.25) is 18.1 Å². The van der Waals surface area contributed by atoms with Gasteiger partial charge < -0.3 is 28.1 Å². The van der Waals surface area contributed by atoms with Gasteiger partial charge in [0.2, 0.25) is 0 Å². The van der Waals surface area contributed by atoms with Crippen LogP contribution in [0.4, 0.5) is 0 Å². The number of ether oxygens (including phenoxy) is 5. The maximum atomic E-state index is 6.19. The van der Waals surface area contributed by atoms with Crippen molar-refractivity contribution in [3.8, 4) is 11.5 Å². The molecule has 0 aromatic heterocycles. The van der Waals surface area contributed by atoms with Gasteiger partial charge in [-0.15, -0.1) is 11.8 Å². The first-order valence-corrected chi connectivity index (χ1v) is 23.0. The van der Waals surface area contributed by atoms with Crippen molar-refractivity contribution in [2.75, 3.05) is 64.9 Å². The van der Waals surface area contributed by atoms with Crippen LogP contribution in [0.1, 0.15) is 96.1 Å². The average Bonchev–Trinajstić information content (AvgIpc) is 3.06. The minimum Gasteiger partial charge on any atom is -0.468 e. The zero-order valence-corrected chi connectivity index (χ0v) is 33.8. The van der Waals surface area contributed by atoms with Crippen LogP contribution < -0.4 is 9.47 Å². The molecule has 0 amide bonds. The molecular weight excluding hydrogens is 657 g/mol. The van der Waals surface area contributed by atoms with Gasteiger partial charge >= 0.3 is 0 Å². The van der Waals surface area contributed by atoms with Gasteiger partial charge in [-0.25, -0.2) is 0 Å². The van der Waals surface area contributed by atoms with Crippen LogP contribution in [0.5, 0.6) is 11.5 Å². The zero-order chi connectivity index (χ0) is 34.9. The molecule has 1 aliphatic heterocycles. The second-order valence-electron chi connectivity index (χ2n) is 14.7. The van der Waals surface area contributed by atoms with Gasteiger partial charge in [0.1, 0.15) is 11.5 Å². The molecule has 2 atom stereocenters. The Bertz CT molecular complexity index is 1170. The van der Waals surface area contributed by atoms with Crippen LogP contribution in [0, 0.1) is 0 Å². The van der Waals surface area contributed by atoms with E-state index in [4.69, 9.17) is 28.1 Å². The molecule has 0 saturated heterocycles. The fraction of sp³-hybridized carbons (Fsp3) is 0.692. The first kappa shape index (κ1) is 41.2. The molecule has 0 spiro atoms. The molecule has 48 heavy (non-hydrogen) atoms.